The Bertz CT molecular complexity index is 372. The number of aromatic nitrogens is 1. The highest BCUT2D eigenvalue weighted by atomic mass is 35.5. The predicted octanol–water partition coefficient (Wildman–Crippen LogP) is 2.56. The SMILES string of the molecule is CC(Cl)C1CCN(C(=O)c2cccnc2)CC1. The maximum Gasteiger partial charge on any atom is 0.255 e. The molecule has 0 saturated carbocycles. The summed E-state index contributed by atoms with van der Waals surface area (Å²) in [6.45, 7) is 3.63. The third-order valence-electron chi connectivity index (χ3n) is 3.38. The quantitative estimate of drug-likeness (QED) is 0.758. The van der Waals surface area contributed by atoms with Crippen molar-refractivity contribution in [2.24, 2.45) is 5.92 Å². The van der Waals surface area contributed by atoms with Crippen LogP contribution in [-0.4, -0.2) is 34.3 Å². The minimum Gasteiger partial charge on any atom is -0.339 e. The number of likely N-dealkylation sites (tertiary alicyclic amines) is 1. The van der Waals surface area contributed by atoms with Gasteiger partial charge in [-0.25, -0.2) is 0 Å². The van der Waals surface area contributed by atoms with Crippen LogP contribution < -0.4 is 0 Å². The summed E-state index contributed by atoms with van der Waals surface area (Å²) in [5.74, 6) is 0.619. The number of hydrogen-bond acceptors (Lipinski definition) is 2. The van der Waals surface area contributed by atoms with E-state index in [4.69, 9.17) is 11.6 Å². The predicted molar refractivity (Wildman–Crippen MR) is 68.2 cm³/mol. The van der Waals surface area contributed by atoms with E-state index in [1.54, 1.807) is 18.5 Å². The minimum atomic E-state index is 0.0822. The van der Waals surface area contributed by atoms with E-state index in [-0.39, 0.29) is 11.3 Å². The number of nitrogens with zero attached hydrogens (tertiary/aromatic N) is 2. The molecule has 92 valence electrons. The van der Waals surface area contributed by atoms with Crippen molar-refractivity contribution in [3.05, 3.63) is 30.1 Å². The van der Waals surface area contributed by atoms with Crippen molar-refractivity contribution in [2.45, 2.75) is 25.1 Å². The van der Waals surface area contributed by atoms with Crippen LogP contribution in [-0.2, 0) is 0 Å². The second-order valence-electron chi connectivity index (χ2n) is 4.55. The molecule has 17 heavy (non-hydrogen) atoms. The Kier molecular flexibility index (Phi) is 4.00. The molecule has 0 N–H and O–H groups in total. The lowest BCUT2D eigenvalue weighted by atomic mass is 9.94. The molecule has 1 aliphatic rings. The number of halogens is 1. The first-order chi connectivity index (χ1) is 8.18. The van der Waals surface area contributed by atoms with E-state index in [0.29, 0.717) is 11.5 Å². The second-order valence-corrected chi connectivity index (χ2v) is 5.24. The molecule has 1 unspecified atom stereocenters. The highest BCUT2D eigenvalue weighted by molar-refractivity contribution is 6.20. The molecular formula is C13H17ClN2O. The van der Waals surface area contributed by atoms with Gasteiger partial charge >= 0.3 is 0 Å². The number of carbonyl (C=O) groups excluding carboxylic acids is 1. The lowest BCUT2D eigenvalue weighted by Gasteiger charge is -2.33. The minimum absolute atomic E-state index is 0.0822. The average molecular weight is 253 g/mol. The van der Waals surface area contributed by atoms with Crippen molar-refractivity contribution < 1.29 is 4.79 Å². The van der Waals surface area contributed by atoms with Gasteiger partial charge < -0.3 is 4.90 Å². The Labute approximate surface area is 107 Å². The molecule has 0 spiro atoms. The summed E-state index contributed by atoms with van der Waals surface area (Å²) in [7, 11) is 0. The monoisotopic (exact) mass is 252 g/mol. The number of hydrogen-bond donors (Lipinski definition) is 0. The molecule has 3 nitrogen and oxygen atoms in total. The number of rotatable bonds is 2. The molecule has 1 aliphatic heterocycles. The van der Waals surface area contributed by atoms with Gasteiger partial charge in [0.15, 0.2) is 0 Å². The van der Waals surface area contributed by atoms with Gasteiger partial charge in [-0.2, -0.15) is 0 Å². The first kappa shape index (κ1) is 12.4. The molecule has 1 fully saturated rings. The van der Waals surface area contributed by atoms with E-state index in [9.17, 15) is 4.79 Å². The number of carbonyl (C=O) groups is 1. The van der Waals surface area contributed by atoms with Crippen molar-refractivity contribution in [1.29, 1.82) is 0 Å². The van der Waals surface area contributed by atoms with Crippen molar-refractivity contribution in [3.8, 4) is 0 Å². The van der Waals surface area contributed by atoms with Crippen LogP contribution in [0.3, 0.4) is 0 Å². The number of alkyl halides is 1. The van der Waals surface area contributed by atoms with Gasteiger partial charge in [-0.1, -0.05) is 0 Å². The highest BCUT2D eigenvalue weighted by Gasteiger charge is 2.25. The van der Waals surface area contributed by atoms with Crippen LogP contribution in [0.2, 0.25) is 0 Å². The van der Waals surface area contributed by atoms with Crippen LogP contribution in [0.5, 0.6) is 0 Å². The molecule has 1 aromatic rings. The normalized spacial score (nSPS) is 19.1. The van der Waals surface area contributed by atoms with Crippen molar-refractivity contribution in [2.75, 3.05) is 13.1 Å². The maximum absolute atomic E-state index is 12.1. The molecule has 1 saturated heterocycles. The third-order valence-corrected chi connectivity index (χ3v) is 3.74. The summed E-state index contributed by atoms with van der Waals surface area (Å²) in [5.41, 5.74) is 0.671. The fraction of sp³-hybridized carbons (Fsp3) is 0.538. The number of pyridine rings is 1. The second kappa shape index (κ2) is 5.50. The largest absolute Gasteiger partial charge is 0.339 e. The molecule has 2 heterocycles. The molecule has 4 heteroatoms. The summed E-state index contributed by atoms with van der Waals surface area (Å²) >= 11 is 6.09. The topological polar surface area (TPSA) is 33.2 Å². The molecule has 0 bridgehead atoms. The summed E-state index contributed by atoms with van der Waals surface area (Å²) in [5, 5.41) is 0.200. The zero-order chi connectivity index (χ0) is 12.3. The van der Waals surface area contributed by atoms with Crippen molar-refractivity contribution in [1.82, 2.24) is 9.88 Å². The third kappa shape index (κ3) is 2.97. The van der Waals surface area contributed by atoms with Crippen LogP contribution in [0.4, 0.5) is 0 Å². The van der Waals surface area contributed by atoms with E-state index >= 15 is 0 Å². The fourth-order valence-electron chi connectivity index (χ4n) is 2.23. The molecule has 1 atom stereocenters. The van der Waals surface area contributed by atoms with E-state index in [1.807, 2.05) is 17.9 Å². The summed E-state index contributed by atoms with van der Waals surface area (Å²) in [4.78, 5) is 18.0. The Morgan fingerprint density at radius 1 is 1.53 bits per heavy atom. The fourth-order valence-corrected chi connectivity index (χ4v) is 2.49. The molecule has 0 aromatic carbocycles. The molecule has 1 aromatic heterocycles. The molecule has 1 amide bonds. The Morgan fingerprint density at radius 2 is 2.24 bits per heavy atom. The average Bonchev–Trinajstić information content (AvgIpc) is 2.39. The van der Waals surface area contributed by atoms with Gasteiger partial charge in [0.1, 0.15) is 0 Å². The summed E-state index contributed by atoms with van der Waals surface area (Å²) < 4.78 is 0. The maximum atomic E-state index is 12.1. The summed E-state index contributed by atoms with van der Waals surface area (Å²) in [6.07, 6.45) is 5.30. The van der Waals surface area contributed by atoms with Crippen LogP contribution in [0.25, 0.3) is 0 Å². The number of piperidine rings is 1. The van der Waals surface area contributed by atoms with Gasteiger partial charge in [-0.3, -0.25) is 9.78 Å². The highest BCUT2D eigenvalue weighted by Crippen LogP contribution is 2.24. The van der Waals surface area contributed by atoms with Crippen molar-refractivity contribution >= 4 is 17.5 Å². The van der Waals surface area contributed by atoms with Gasteiger partial charge in [0, 0.05) is 30.9 Å². The van der Waals surface area contributed by atoms with E-state index in [2.05, 4.69) is 4.98 Å². The van der Waals surface area contributed by atoms with Gasteiger partial charge in [0.25, 0.3) is 5.91 Å². The van der Waals surface area contributed by atoms with Crippen LogP contribution >= 0.6 is 11.6 Å². The van der Waals surface area contributed by atoms with Gasteiger partial charge in [-0.15, -0.1) is 11.6 Å². The Morgan fingerprint density at radius 3 is 2.76 bits per heavy atom. The van der Waals surface area contributed by atoms with Gasteiger partial charge in [0.2, 0.25) is 0 Å². The van der Waals surface area contributed by atoms with E-state index in [1.165, 1.54) is 0 Å². The Hall–Kier alpha value is -1.09. The first-order valence-corrected chi connectivity index (χ1v) is 6.45. The van der Waals surface area contributed by atoms with E-state index in [0.717, 1.165) is 25.9 Å². The van der Waals surface area contributed by atoms with Crippen LogP contribution in [0.1, 0.15) is 30.1 Å². The zero-order valence-corrected chi connectivity index (χ0v) is 10.7. The van der Waals surface area contributed by atoms with Crippen LogP contribution in [0, 0.1) is 5.92 Å². The number of amides is 1. The summed E-state index contributed by atoms with van der Waals surface area (Å²) in [6, 6.07) is 3.60. The molecular weight excluding hydrogens is 236 g/mol. The van der Waals surface area contributed by atoms with E-state index < -0.39 is 0 Å². The standard InChI is InChI=1S/C13H17ClN2O/c1-10(14)11-4-7-16(8-5-11)13(17)12-3-2-6-15-9-12/h2-3,6,9-11H,4-5,7-8H2,1H3. The Balaban J connectivity index is 1.95. The lowest BCUT2D eigenvalue weighted by molar-refractivity contribution is 0.0689. The zero-order valence-electron chi connectivity index (χ0n) is 9.97. The van der Waals surface area contributed by atoms with Crippen LogP contribution in [0.15, 0.2) is 24.5 Å². The van der Waals surface area contributed by atoms with Gasteiger partial charge in [0.05, 0.1) is 5.56 Å². The van der Waals surface area contributed by atoms with Crippen molar-refractivity contribution in [3.63, 3.8) is 0 Å². The smallest absolute Gasteiger partial charge is 0.255 e. The molecule has 0 aliphatic carbocycles. The first-order valence-electron chi connectivity index (χ1n) is 6.02. The van der Waals surface area contributed by atoms with Gasteiger partial charge in [-0.05, 0) is 37.8 Å². The molecule has 0 radical (unpaired) electrons. The lowest BCUT2D eigenvalue weighted by Crippen LogP contribution is -2.40. The molecule has 2 rings (SSSR count).